The fourth-order valence-electron chi connectivity index (χ4n) is 1.95. The third-order valence-corrected chi connectivity index (χ3v) is 2.84. The Morgan fingerprint density at radius 1 is 0.882 bits per heavy atom. The first-order valence-corrected chi connectivity index (χ1v) is 5.61. The Morgan fingerprint density at radius 3 is 2.53 bits per heavy atom. The second-order valence-corrected chi connectivity index (χ2v) is 4.18. The molecule has 0 aliphatic rings. The molecule has 2 nitrogen and oxygen atoms in total. The average molecular weight is 220 g/mol. The van der Waals surface area contributed by atoms with Crippen LogP contribution in [0.2, 0.25) is 0 Å². The zero-order chi connectivity index (χ0) is 11.7. The summed E-state index contributed by atoms with van der Waals surface area (Å²) < 4.78 is 0. The number of hydrogen-bond acceptors (Lipinski definition) is 2. The van der Waals surface area contributed by atoms with Crippen molar-refractivity contribution < 1.29 is 0 Å². The van der Waals surface area contributed by atoms with Gasteiger partial charge in [0.25, 0.3) is 0 Å². The maximum absolute atomic E-state index is 4.17. The van der Waals surface area contributed by atoms with Gasteiger partial charge in [0.15, 0.2) is 0 Å². The Kier molecular flexibility index (Phi) is 2.33. The number of aromatic nitrogens is 2. The predicted molar refractivity (Wildman–Crippen MR) is 69.7 cm³/mol. The van der Waals surface area contributed by atoms with E-state index in [-0.39, 0.29) is 0 Å². The van der Waals surface area contributed by atoms with Crippen LogP contribution in [0.5, 0.6) is 0 Å². The summed E-state index contributed by atoms with van der Waals surface area (Å²) in [5, 5.41) is 10.6. The summed E-state index contributed by atoms with van der Waals surface area (Å²) in [6, 6.07) is 16.7. The highest BCUT2D eigenvalue weighted by atomic mass is 15.1. The van der Waals surface area contributed by atoms with E-state index in [1.54, 1.807) is 6.20 Å². The molecule has 0 saturated heterocycles. The molecule has 0 aliphatic carbocycles. The van der Waals surface area contributed by atoms with Gasteiger partial charge in [0.1, 0.15) is 0 Å². The minimum atomic E-state index is 0.927. The van der Waals surface area contributed by atoms with Gasteiger partial charge in [-0.25, -0.2) is 0 Å². The molecule has 2 aromatic carbocycles. The number of hydrogen-bond donors (Lipinski definition) is 0. The van der Waals surface area contributed by atoms with Crippen LogP contribution >= 0.6 is 0 Å². The summed E-state index contributed by atoms with van der Waals surface area (Å²) in [5.74, 6) is 0. The largest absolute Gasteiger partial charge is 0.158 e. The fourth-order valence-corrected chi connectivity index (χ4v) is 1.95. The van der Waals surface area contributed by atoms with Crippen molar-refractivity contribution in [1.29, 1.82) is 0 Å². The number of nitrogens with zero attached hydrogens (tertiary/aromatic N) is 2. The highest BCUT2D eigenvalue weighted by Gasteiger charge is 2.01. The van der Waals surface area contributed by atoms with Gasteiger partial charge in [-0.3, -0.25) is 0 Å². The van der Waals surface area contributed by atoms with Crippen molar-refractivity contribution in [3.05, 3.63) is 60.3 Å². The van der Waals surface area contributed by atoms with Crippen LogP contribution in [0.15, 0.2) is 54.7 Å². The van der Waals surface area contributed by atoms with E-state index >= 15 is 0 Å². The van der Waals surface area contributed by atoms with Crippen LogP contribution in [0.4, 0.5) is 0 Å². The third kappa shape index (κ3) is 1.89. The van der Waals surface area contributed by atoms with E-state index in [9.17, 15) is 0 Å². The summed E-state index contributed by atoms with van der Waals surface area (Å²) in [7, 11) is 0. The Morgan fingerprint density at radius 2 is 1.71 bits per heavy atom. The normalized spacial score (nSPS) is 10.6. The van der Waals surface area contributed by atoms with Gasteiger partial charge in [-0.1, -0.05) is 36.4 Å². The highest BCUT2D eigenvalue weighted by molar-refractivity contribution is 5.86. The zero-order valence-electron chi connectivity index (χ0n) is 9.59. The van der Waals surface area contributed by atoms with Crippen LogP contribution < -0.4 is 0 Å². The molecule has 0 amide bonds. The SMILES string of the molecule is Cc1cnnc(-c2ccc3ccccc3c2)c1. The molecule has 0 bridgehead atoms. The quantitative estimate of drug-likeness (QED) is 0.626. The molecule has 0 aliphatic heterocycles. The second kappa shape index (κ2) is 3.98. The molecule has 0 saturated carbocycles. The standard InChI is InChI=1S/C15H12N2/c1-11-8-15(17-16-10-11)14-7-6-12-4-2-3-5-13(12)9-14/h2-10H,1H3. The van der Waals surface area contributed by atoms with E-state index in [2.05, 4.69) is 52.7 Å². The molecule has 0 radical (unpaired) electrons. The third-order valence-electron chi connectivity index (χ3n) is 2.84. The van der Waals surface area contributed by atoms with Crippen LogP contribution in [-0.4, -0.2) is 10.2 Å². The van der Waals surface area contributed by atoms with Gasteiger partial charge < -0.3 is 0 Å². The average Bonchev–Trinajstić information content (AvgIpc) is 2.38. The van der Waals surface area contributed by atoms with Crippen molar-refractivity contribution in [2.75, 3.05) is 0 Å². The van der Waals surface area contributed by atoms with Crippen molar-refractivity contribution in [3.8, 4) is 11.3 Å². The Hall–Kier alpha value is -2.22. The van der Waals surface area contributed by atoms with E-state index in [1.807, 2.05) is 13.0 Å². The minimum Gasteiger partial charge on any atom is -0.158 e. The lowest BCUT2D eigenvalue weighted by atomic mass is 10.0. The van der Waals surface area contributed by atoms with Crippen LogP contribution in [-0.2, 0) is 0 Å². The van der Waals surface area contributed by atoms with Crippen molar-refractivity contribution in [3.63, 3.8) is 0 Å². The van der Waals surface area contributed by atoms with Gasteiger partial charge >= 0.3 is 0 Å². The van der Waals surface area contributed by atoms with E-state index in [1.165, 1.54) is 10.8 Å². The van der Waals surface area contributed by atoms with Crippen LogP contribution in [0, 0.1) is 6.92 Å². The lowest BCUT2D eigenvalue weighted by Gasteiger charge is -2.03. The maximum atomic E-state index is 4.17. The van der Waals surface area contributed by atoms with Crippen LogP contribution in [0.25, 0.3) is 22.0 Å². The van der Waals surface area contributed by atoms with Crippen LogP contribution in [0.3, 0.4) is 0 Å². The number of aryl methyl sites for hydroxylation is 1. The fraction of sp³-hybridized carbons (Fsp3) is 0.0667. The van der Waals surface area contributed by atoms with E-state index in [0.717, 1.165) is 16.8 Å². The molecule has 0 N–H and O–H groups in total. The Bertz CT molecular complexity index is 674. The Balaban J connectivity index is 2.18. The number of fused-ring (bicyclic) bond motifs is 1. The molecule has 0 spiro atoms. The van der Waals surface area contributed by atoms with Crippen molar-refractivity contribution in [1.82, 2.24) is 10.2 Å². The van der Waals surface area contributed by atoms with Crippen molar-refractivity contribution in [2.24, 2.45) is 0 Å². The number of benzene rings is 2. The van der Waals surface area contributed by atoms with Crippen molar-refractivity contribution in [2.45, 2.75) is 6.92 Å². The lowest BCUT2D eigenvalue weighted by molar-refractivity contribution is 1.02. The van der Waals surface area contributed by atoms with E-state index in [4.69, 9.17) is 0 Å². The number of rotatable bonds is 1. The topological polar surface area (TPSA) is 25.8 Å². The van der Waals surface area contributed by atoms with Gasteiger partial charge in [-0.15, -0.1) is 0 Å². The molecule has 1 heterocycles. The molecule has 1 aromatic heterocycles. The highest BCUT2D eigenvalue weighted by Crippen LogP contribution is 2.22. The molecule has 3 rings (SSSR count). The summed E-state index contributed by atoms with van der Waals surface area (Å²) in [6.45, 7) is 2.03. The first-order chi connectivity index (χ1) is 8.33. The molecule has 17 heavy (non-hydrogen) atoms. The zero-order valence-corrected chi connectivity index (χ0v) is 9.59. The smallest absolute Gasteiger partial charge is 0.0932 e. The van der Waals surface area contributed by atoms with Gasteiger partial charge in [0.2, 0.25) is 0 Å². The first kappa shape index (κ1) is 9.97. The maximum Gasteiger partial charge on any atom is 0.0932 e. The summed E-state index contributed by atoms with van der Waals surface area (Å²) >= 11 is 0. The monoisotopic (exact) mass is 220 g/mol. The Labute approximate surface area is 99.9 Å². The van der Waals surface area contributed by atoms with Crippen LogP contribution in [0.1, 0.15) is 5.56 Å². The lowest BCUT2D eigenvalue weighted by Crippen LogP contribution is -1.88. The molecule has 82 valence electrons. The van der Waals surface area contributed by atoms with Gasteiger partial charge in [-0.05, 0) is 35.4 Å². The van der Waals surface area contributed by atoms with Gasteiger partial charge in [-0.2, -0.15) is 10.2 Å². The van der Waals surface area contributed by atoms with E-state index < -0.39 is 0 Å². The minimum absolute atomic E-state index is 0.927. The molecule has 0 fully saturated rings. The summed E-state index contributed by atoms with van der Waals surface area (Å²) in [6.07, 6.45) is 1.77. The van der Waals surface area contributed by atoms with Gasteiger partial charge in [0, 0.05) is 5.56 Å². The van der Waals surface area contributed by atoms with Gasteiger partial charge in [0.05, 0.1) is 11.9 Å². The van der Waals surface area contributed by atoms with E-state index in [0.29, 0.717) is 0 Å². The summed E-state index contributed by atoms with van der Waals surface area (Å²) in [4.78, 5) is 0. The second-order valence-electron chi connectivity index (χ2n) is 4.18. The molecule has 0 atom stereocenters. The molecule has 0 unspecified atom stereocenters. The first-order valence-electron chi connectivity index (χ1n) is 5.61. The summed E-state index contributed by atoms with van der Waals surface area (Å²) in [5.41, 5.74) is 3.17. The predicted octanol–water partition coefficient (Wildman–Crippen LogP) is 3.61. The molecular weight excluding hydrogens is 208 g/mol. The van der Waals surface area contributed by atoms with Crippen molar-refractivity contribution >= 4 is 10.8 Å². The molecular formula is C15H12N2. The molecule has 3 aromatic rings. The molecule has 2 heteroatoms.